The molecule has 0 spiro atoms. The van der Waals surface area contributed by atoms with Crippen molar-refractivity contribution in [3.63, 3.8) is 0 Å². The number of amides is 1. The molecule has 1 atom stereocenters. The number of nitrogens with zero attached hydrogens (tertiary/aromatic N) is 3. The Morgan fingerprint density at radius 2 is 2.33 bits per heavy atom. The van der Waals surface area contributed by atoms with Crippen LogP contribution in [0.15, 0.2) is 18.3 Å². The SMILES string of the molecule is NC(=O)C1CCCN(c2ccc([N+](=O)[O-])nc2)C1. The quantitative estimate of drug-likeness (QED) is 0.628. The summed E-state index contributed by atoms with van der Waals surface area (Å²) in [6.45, 7) is 1.36. The van der Waals surface area contributed by atoms with Crippen molar-refractivity contribution in [2.75, 3.05) is 18.0 Å². The molecule has 2 N–H and O–H groups in total. The number of nitro groups is 1. The van der Waals surface area contributed by atoms with Crippen molar-refractivity contribution in [3.05, 3.63) is 28.4 Å². The molecule has 0 bridgehead atoms. The third-order valence-corrected chi connectivity index (χ3v) is 3.11. The van der Waals surface area contributed by atoms with E-state index in [2.05, 4.69) is 4.98 Å². The molecular weight excluding hydrogens is 236 g/mol. The minimum atomic E-state index is -0.536. The van der Waals surface area contributed by atoms with Gasteiger partial charge in [-0.1, -0.05) is 0 Å². The van der Waals surface area contributed by atoms with Gasteiger partial charge in [-0.05, 0) is 28.8 Å². The number of rotatable bonds is 3. The van der Waals surface area contributed by atoms with Gasteiger partial charge in [0.2, 0.25) is 5.91 Å². The van der Waals surface area contributed by atoms with Crippen LogP contribution in [0.25, 0.3) is 0 Å². The van der Waals surface area contributed by atoms with Crippen LogP contribution in [0.4, 0.5) is 11.5 Å². The molecule has 0 radical (unpaired) electrons. The Bertz CT molecular complexity index is 460. The number of piperidine rings is 1. The summed E-state index contributed by atoms with van der Waals surface area (Å²) in [6, 6.07) is 3.01. The van der Waals surface area contributed by atoms with Crippen molar-refractivity contribution in [2.45, 2.75) is 12.8 Å². The van der Waals surface area contributed by atoms with Gasteiger partial charge in [0.15, 0.2) is 6.20 Å². The number of carbonyl (C=O) groups is 1. The molecule has 1 unspecified atom stereocenters. The molecule has 1 saturated heterocycles. The molecular formula is C11H14N4O3. The van der Waals surface area contributed by atoms with Gasteiger partial charge >= 0.3 is 5.82 Å². The average Bonchev–Trinajstić information content (AvgIpc) is 2.39. The molecule has 0 aliphatic carbocycles. The number of hydrogen-bond acceptors (Lipinski definition) is 5. The predicted molar refractivity (Wildman–Crippen MR) is 65.0 cm³/mol. The van der Waals surface area contributed by atoms with Gasteiger partial charge in [0.05, 0.1) is 11.6 Å². The molecule has 0 aromatic carbocycles. The van der Waals surface area contributed by atoms with Gasteiger partial charge in [-0.25, -0.2) is 0 Å². The van der Waals surface area contributed by atoms with E-state index >= 15 is 0 Å². The smallest absolute Gasteiger partial charge is 0.363 e. The van der Waals surface area contributed by atoms with Gasteiger partial charge in [-0.2, -0.15) is 0 Å². The number of hydrogen-bond donors (Lipinski definition) is 1. The number of carbonyl (C=O) groups excluding carboxylic acids is 1. The van der Waals surface area contributed by atoms with Gasteiger partial charge in [-0.3, -0.25) is 4.79 Å². The zero-order valence-electron chi connectivity index (χ0n) is 9.78. The second-order valence-electron chi connectivity index (χ2n) is 4.32. The van der Waals surface area contributed by atoms with E-state index in [1.807, 2.05) is 4.90 Å². The number of pyridine rings is 1. The van der Waals surface area contributed by atoms with Crippen LogP contribution in [-0.2, 0) is 4.79 Å². The summed E-state index contributed by atoms with van der Waals surface area (Å²) in [7, 11) is 0. The Morgan fingerprint density at radius 1 is 1.56 bits per heavy atom. The molecule has 18 heavy (non-hydrogen) atoms. The van der Waals surface area contributed by atoms with E-state index in [4.69, 9.17) is 5.73 Å². The fourth-order valence-electron chi connectivity index (χ4n) is 2.12. The van der Waals surface area contributed by atoms with Crippen molar-refractivity contribution in [3.8, 4) is 0 Å². The van der Waals surface area contributed by atoms with Crippen molar-refractivity contribution in [1.29, 1.82) is 0 Å². The van der Waals surface area contributed by atoms with Crippen molar-refractivity contribution < 1.29 is 9.72 Å². The van der Waals surface area contributed by atoms with Gasteiger partial charge in [0, 0.05) is 19.2 Å². The lowest BCUT2D eigenvalue weighted by molar-refractivity contribution is -0.389. The minimum Gasteiger partial charge on any atom is -0.369 e. The van der Waals surface area contributed by atoms with Crippen LogP contribution in [0.5, 0.6) is 0 Å². The number of anilines is 1. The monoisotopic (exact) mass is 250 g/mol. The zero-order chi connectivity index (χ0) is 13.1. The third-order valence-electron chi connectivity index (χ3n) is 3.11. The number of nitrogens with two attached hydrogens (primary N) is 1. The summed E-state index contributed by atoms with van der Waals surface area (Å²) in [4.78, 5) is 26.9. The van der Waals surface area contributed by atoms with E-state index in [0.29, 0.717) is 6.54 Å². The summed E-state index contributed by atoms with van der Waals surface area (Å²) >= 11 is 0. The lowest BCUT2D eigenvalue weighted by atomic mass is 9.97. The molecule has 7 heteroatoms. The molecule has 7 nitrogen and oxygen atoms in total. The normalized spacial score (nSPS) is 19.6. The summed E-state index contributed by atoms with van der Waals surface area (Å²) in [5, 5.41) is 10.5. The summed E-state index contributed by atoms with van der Waals surface area (Å²) in [6.07, 6.45) is 3.14. The first-order chi connectivity index (χ1) is 8.58. The summed E-state index contributed by atoms with van der Waals surface area (Å²) in [5.41, 5.74) is 6.08. The van der Waals surface area contributed by atoms with E-state index < -0.39 is 4.92 Å². The minimum absolute atomic E-state index is 0.158. The Morgan fingerprint density at radius 3 is 2.89 bits per heavy atom. The van der Waals surface area contributed by atoms with Crippen LogP contribution in [-0.4, -0.2) is 28.9 Å². The Kier molecular flexibility index (Phi) is 3.40. The predicted octanol–water partition coefficient (Wildman–Crippen LogP) is 0.691. The molecule has 0 saturated carbocycles. The molecule has 1 fully saturated rings. The van der Waals surface area contributed by atoms with E-state index in [-0.39, 0.29) is 17.6 Å². The fraction of sp³-hybridized carbons (Fsp3) is 0.455. The maximum Gasteiger partial charge on any atom is 0.363 e. The molecule has 1 amide bonds. The third kappa shape index (κ3) is 2.55. The number of aromatic nitrogens is 1. The maximum absolute atomic E-state index is 11.2. The van der Waals surface area contributed by atoms with E-state index in [0.717, 1.165) is 25.1 Å². The Balaban J connectivity index is 2.11. The van der Waals surface area contributed by atoms with E-state index in [1.165, 1.54) is 12.3 Å². The number of primary amides is 1. The topological polar surface area (TPSA) is 102 Å². The van der Waals surface area contributed by atoms with Crippen molar-refractivity contribution in [1.82, 2.24) is 4.98 Å². The molecule has 96 valence electrons. The molecule has 1 aliphatic heterocycles. The van der Waals surface area contributed by atoms with Crippen LogP contribution in [0.2, 0.25) is 0 Å². The van der Waals surface area contributed by atoms with Crippen molar-refractivity contribution in [2.24, 2.45) is 11.7 Å². The first kappa shape index (κ1) is 12.3. The lowest BCUT2D eigenvalue weighted by Crippen LogP contribution is -2.41. The first-order valence-corrected chi connectivity index (χ1v) is 5.72. The van der Waals surface area contributed by atoms with Crippen molar-refractivity contribution >= 4 is 17.4 Å². The molecule has 2 rings (SSSR count). The van der Waals surface area contributed by atoms with Crippen LogP contribution in [0, 0.1) is 16.0 Å². The van der Waals surface area contributed by atoms with E-state index in [1.54, 1.807) is 6.07 Å². The van der Waals surface area contributed by atoms with Gasteiger partial charge < -0.3 is 20.7 Å². The highest BCUT2D eigenvalue weighted by molar-refractivity contribution is 5.77. The fourth-order valence-corrected chi connectivity index (χ4v) is 2.12. The van der Waals surface area contributed by atoms with Crippen LogP contribution >= 0.6 is 0 Å². The molecule has 1 aliphatic rings. The highest BCUT2D eigenvalue weighted by Gasteiger charge is 2.24. The van der Waals surface area contributed by atoms with Gasteiger partial charge in [0.1, 0.15) is 0 Å². The van der Waals surface area contributed by atoms with Crippen LogP contribution in [0.3, 0.4) is 0 Å². The highest BCUT2D eigenvalue weighted by Crippen LogP contribution is 2.23. The average molecular weight is 250 g/mol. The van der Waals surface area contributed by atoms with Gasteiger partial charge in [-0.15, -0.1) is 0 Å². The van der Waals surface area contributed by atoms with E-state index in [9.17, 15) is 14.9 Å². The standard InChI is InChI=1S/C11H14N4O3/c12-11(16)8-2-1-5-14(7-8)9-3-4-10(13-6-9)15(17)18/h3-4,6,8H,1-2,5,7H2,(H2,12,16). The maximum atomic E-state index is 11.2. The van der Waals surface area contributed by atoms with Gasteiger partial charge in [0.25, 0.3) is 0 Å². The largest absolute Gasteiger partial charge is 0.369 e. The second kappa shape index (κ2) is 4.99. The van der Waals surface area contributed by atoms with Crippen LogP contribution < -0.4 is 10.6 Å². The summed E-state index contributed by atoms with van der Waals surface area (Å²) < 4.78 is 0. The molecule has 1 aromatic rings. The molecule has 2 heterocycles. The highest BCUT2D eigenvalue weighted by atomic mass is 16.6. The summed E-state index contributed by atoms with van der Waals surface area (Å²) in [5.74, 6) is -0.634. The Labute approximate surface area is 104 Å². The lowest BCUT2D eigenvalue weighted by Gasteiger charge is -2.32. The second-order valence-corrected chi connectivity index (χ2v) is 4.32. The Hall–Kier alpha value is -2.18. The molecule has 1 aromatic heterocycles. The first-order valence-electron chi connectivity index (χ1n) is 5.72. The zero-order valence-corrected chi connectivity index (χ0v) is 9.78. The van der Waals surface area contributed by atoms with Crippen LogP contribution in [0.1, 0.15) is 12.8 Å².